The molecule has 0 saturated carbocycles. The van der Waals surface area contributed by atoms with Crippen LogP contribution in [0.3, 0.4) is 0 Å². The van der Waals surface area contributed by atoms with Gasteiger partial charge in [-0.15, -0.1) is 0 Å². The largest absolute Gasteiger partial charge is 0.478 e. The summed E-state index contributed by atoms with van der Waals surface area (Å²) in [4.78, 5) is 23.5. The molecular weight excluding hydrogens is 352 g/mol. The monoisotopic (exact) mass is 382 g/mol. The number of aromatic carboxylic acids is 2. The molecule has 2 N–H and O–H groups in total. The molecule has 0 bridgehead atoms. The lowest BCUT2D eigenvalue weighted by molar-refractivity contribution is 0.0683. The van der Waals surface area contributed by atoms with Gasteiger partial charge in [0.05, 0.1) is 11.1 Å². The maximum Gasteiger partial charge on any atom is 0.336 e. The highest BCUT2D eigenvalue weighted by atomic mass is 16.4. The summed E-state index contributed by atoms with van der Waals surface area (Å²) < 4.78 is 0. The van der Waals surface area contributed by atoms with Crippen LogP contribution in [-0.4, -0.2) is 22.2 Å². The van der Waals surface area contributed by atoms with Crippen molar-refractivity contribution >= 4 is 11.9 Å². The van der Waals surface area contributed by atoms with Crippen LogP contribution < -0.4 is 0 Å². The molecule has 2 rings (SSSR count). The van der Waals surface area contributed by atoms with Crippen molar-refractivity contribution in [3.63, 3.8) is 0 Å². The molecule has 0 spiro atoms. The molecule has 2 aromatic carbocycles. The van der Waals surface area contributed by atoms with E-state index in [4.69, 9.17) is 0 Å². The van der Waals surface area contributed by atoms with Crippen molar-refractivity contribution in [1.29, 1.82) is 0 Å². The summed E-state index contributed by atoms with van der Waals surface area (Å²) in [6.07, 6.45) is 10.2. The maximum atomic E-state index is 12.0. The average Bonchev–Trinajstić information content (AvgIpc) is 2.69. The minimum absolute atomic E-state index is 0.120. The molecule has 0 saturated heterocycles. The second-order valence-electron chi connectivity index (χ2n) is 7.22. The van der Waals surface area contributed by atoms with E-state index in [0.29, 0.717) is 17.5 Å². The quantitative estimate of drug-likeness (QED) is 0.415. The van der Waals surface area contributed by atoms with Crippen LogP contribution in [-0.2, 0) is 6.42 Å². The number of aryl methyl sites for hydroxylation is 1. The van der Waals surface area contributed by atoms with Crippen molar-refractivity contribution in [2.75, 3.05) is 0 Å². The third-order valence-corrected chi connectivity index (χ3v) is 5.11. The van der Waals surface area contributed by atoms with Gasteiger partial charge >= 0.3 is 11.9 Å². The summed E-state index contributed by atoms with van der Waals surface area (Å²) in [5, 5.41) is 19.3. The van der Waals surface area contributed by atoms with Crippen LogP contribution in [0.15, 0.2) is 42.5 Å². The molecule has 0 aliphatic carbocycles. The first-order valence-electron chi connectivity index (χ1n) is 10.2. The van der Waals surface area contributed by atoms with Crippen LogP contribution in [0.1, 0.15) is 84.6 Å². The van der Waals surface area contributed by atoms with Gasteiger partial charge in [-0.2, -0.15) is 0 Å². The van der Waals surface area contributed by atoms with E-state index in [-0.39, 0.29) is 11.1 Å². The summed E-state index contributed by atoms with van der Waals surface area (Å²) in [6, 6.07) is 11.9. The zero-order chi connectivity index (χ0) is 20.4. The first-order valence-corrected chi connectivity index (χ1v) is 10.2. The minimum atomic E-state index is -1.06. The number of carboxylic acids is 2. The molecule has 0 amide bonds. The molecule has 0 heterocycles. The van der Waals surface area contributed by atoms with Crippen LogP contribution in [0, 0.1) is 0 Å². The van der Waals surface area contributed by atoms with Gasteiger partial charge in [0.25, 0.3) is 0 Å². The van der Waals surface area contributed by atoms with Crippen LogP contribution in [0.4, 0.5) is 0 Å². The van der Waals surface area contributed by atoms with Crippen LogP contribution >= 0.6 is 0 Å². The zero-order valence-corrected chi connectivity index (χ0v) is 16.6. The Kier molecular flexibility index (Phi) is 8.73. The van der Waals surface area contributed by atoms with Gasteiger partial charge in [0.1, 0.15) is 0 Å². The van der Waals surface area contributed by atoms with Crippen LogP contribution in [0.25, 0.3) is 11.1 Å². The number of carbonyl (C=O) groups is 2. The molecule has 0 aromatic heterocycles. The van der Waals surface area contributed by atoms with Gasteiger partial charge in [-0.3, -0.25) is 0 Å². The summed E-state index contributed by atoms with van der Waals surface area (Å²) in [5.41, 5.74) is 2.04. The van der Waals surface area contributed by atoms with E-state index in [0.717, 1.165) is 18.4 Å². The Labute approximate surface area is 167 Å². The Morgan fingerprint density at radius 3 is 1.96 bits per heavy atom. The molecule has 28 heavy (non-hydrogen) atoms. The van der Waals surface area contributed by atoms with Gasteiger partial charge in [-0.25, -0.2) is 9.59 Å². The Balaban J connectivity index is 2.12. The standard InChI is InChI=1S/C24H30O4/c1-2-3-4-5-6-7-8-9-13-18-14-12-17-20(22(18)24(27)28)19-15-10-11-16-21(19)23(25)26/h10-12,14-17H,2-9,13H2,1H3,(H,25,26)(H,27,28). The molecule has 0 aliphatic heterocycles. The number of benzene rings is 2. The van der Waals surface area contributed by atoms with Gasteiger partial charge in [0.15, 0.2) is 0 Å². The Hall–Kier alpha value is -2.62. The number of hydrogen-bond donors (Lipinski definition) is 2. The summed E-state index contributed by atoms with van der Waals surface area (Å²) in [5.74, 6) is -2.06. The highest BCUT2D eigenvalue weighted by Crippen LogP contribution is 2.30. The number of carboxylic acid groups (broad SMARTS) is 2. The molecule has 4 heteroatoms. The van der Waals surface area contributed by atoms with Crippen molar-refractivity contribution in [3.05, 3.63) is 59.2 Å². The number of rotatable bonds is 12. The molecule has 0 atom stereocenters. The topological polar surface area (TPSA) is 74.6 Å². The van der Waals surface area contributed by atoms with Crippen molar-refractivity contribution in [2.24, 2.45) is 0 Å². The van der Waals surface area contributed by atoms with Gasteiger partial charge in [0.2, 0.25) is 0 Å². The van der Waals surface area contributed by atoms with Gasteiger partial charge in [0, 0.05) is 0 Å². The molecule has 4 nitrogen and oxygen atoms in total. The Morgan fingerprint density at radius 1 is 0.714 bits per heavy atom. The molecule has 2 aromatic rings. The van der Waals surface area contributed by atoms with E-state index in [2.05, 4.69) is 6.92 Å². The highest BCUT2D eigenvalue weighted by molar-refractivity contribution is 6.02. The predicted octanol–water partition coefficient (Wildman–Crippen LogP) is 6.43. The van der Waals surface area contributed by atoms with Gasteiger partial charge in [-0.05, 0) is 35.6 Å². The van der Waals surface area contributed by atoms with E-state index < -0.39 is 11.9 Å². The SMILES string of the molecule is CCCCCCCCCCc1cccc(-c2ccccc2C(=O)O)c1C(=O)O. The fraction of sp³-hybridized carbons (Fsp3) is 0.417. The first kappa shape index (κ1) is 21.7. The van der Waals surface area contributed by atoms with Gasteiger partial charge < -0.3 is 10.2 Å². The third-order valence-electron chi connectivity index (χ3n) is 5.11. The summed E-state index contributed by atoms with van der Waals surface area (Å²) in [6.45, 7) is 2.21. The van der Waals surface area contributed by atoms with E-state index in [1.165, 1.54) is 44.6 Å². The fourth-order valence-electron chi connectivity index (χ4n) is 3.64. The van der Waals surface area contributed by atoms with E-state index in [1.54, 1.807) is 24.3 Å². The smallest absolute Gasteiger partial charge is 0.336 e. The van der Waals surface area contributed by atoms with E-state index >= 15 is 0 Å². The first-order chi connectivity index (χ1) is 13.6. The van der Waals surface area contributed by atoms with E-state index in [9.17, 15) is 19.8 Å². The lowest BCUT2D eigenvalue weighted by Gasteiger charge is -2.14. The fourth-order valence-corrected chi connectivity index (χ4v) is 3.64. The lowest BCUT2D eigenvalue weighted by Crippen LogP contribution is -2.07. The van der Waals surface area contributed by atoms with Crippen molar-refractivity contribution in [1.82, 2.24) is 0 Å². The zero-order valence-electron chi connectivity index (χ0n) is 16.6. The van der Waals surface area contributed by atoms with Crippen molar-refractivity contribution in [2.45, 2.75) is 64.7 Å². The van der Waals surface area contributed by atoms with Crippen LogP contribution in [0.2, 0.25) is 0 Å². The predicted molar refractivity (Wildman–Crippen MR) is 112 cm³/mol. The molecule has 0 aliphatic rings. The maximum absolute atomic E-state index is 12.0. The number of hydrogen-bond acceptors (Lipinski definition) is 2. The molecule has 0 unspecified atom stereocenters. The number of unbranched alkanes of at least 4 members (excludes halogenated alkanes) is 7. The second kappa shape index (κ2) is 11.3. The molecular formula is C24H30O4. The summed E-state index contributed by atoms with van der Waals surface area (Å²) in [7, 11) is 0. The highest BCUT2D eigenvalue weighted by Gasteiger charge is 2.20. The van der Waals surface area contributed by atoms with E-state index in [1.807, 2.05) is 12.1 Å². The van der Waals surface area contributed by atoms with Gasteiger partial charge in [-0.1, -0.05) is 88.3 Å². The second-order valence-corrected chi connectivity index (χ2v) is 7.22. The van der Waals surface area contributed by atoms with Crippen molar-refractivity contribution in [3.8, 4) is 11.1 Å². The lowest BCUT2D eigenvalue weighted by atomic mass is 9.90. The Bertz CT molecular complexity index is 795. The average molecular weight is 383 g/mol. The molecule has 0 radical (unpaired) electrons. The third kappa shape index (κ3) is 5.95. The minimum Gasteiger partial charge on any atom is -0.478 e. The normalized spacial score (nSPS) is 10.8. The molecule has 0 fully saturated rings. The Morgan fingerprint density at radius 2 is 1.32 bits per heavy atom. The summed E-state index contributed by atoms with van der Waals surface area (Å²) >= 11 is 0. The molecule has 150 valence electrons. The van der Waals surface area contributed by atoms with Crippen LogP contribution in [0.5, 0.6) is 0 Å². The van der Waals surface area contributed by atoms with Crippen molar-refractivity contribution < 1.29 is 19.8 Å².